The number of benzene rings is 2. The molecule has 0 bridgehead atoms. The highest BCUT2D eigenvalue weighted by molar-refractivity contribution is 7.16. The van der Waals surface area contributed by atoms with E-state index in [1.54, 1.807) is 11.3 Å². The molecule has 1 aliphatic heterocycles. The average Bonchev–Trinajstić information content (AvgIpc) is 3.45. The van der Waals surface area contributed by atoms with E-state index in [0.717, 1.165) is 15.8 Å². The predicted molar refractivity (Wildman–Crippen MR) is 138 cm³/mol. The Kier molecular flexibility index (Phi) is 6.00. The third kappa shape index (κ3) is 4.03. The van der Waals surface area contributed by atoms with E-state index in [9.17, 15) is 9.59 Å². The Labute approximate surface area is 204 Å². The number of carbonyl (C=O) groups is 2. The van der Waals surface area contributed by atoms with Gasteiger partial charge in [-0.15, -0.1) is 11.3 Å². The lowest BCUT2D eigenvalue weighted by Gasteiger charge is -2.40. The molecular formula is C28H29N3O2S. The van der Waals surface area contributed by atoms with Crippen molar-refractivity contribution in [3.8, 4) is 0 Å². The van der Waals surface area contributed by atoms with Gasteiger partial charge in [0.05, 0.1) is 6.04 Å². The molecule has 0 spiro atoms. The van der Waals surface area contributed by atoms with Crippen molar-refractivity contribution >= 4 is 33.4 Å². The molecule has 2 aromatic heterocycles. The monoisotopic (exact) mass is 471 g/mol. The number of rotatable bonds is 4. The maximum atomic E-state index is 13.8. The summed E-state index contributed by atoms with van der Waals surface area (Å²) in [5.74, 6) is 0.0571. The largest absolute Gasteiger partial charge is 0.334 e. The first-order chi connectivity index (χ1) is 16.4. The fourth-order valence-corrected chi connectivity index (χ4v) is 5.82. The van der Waals surface area contributed by atoms with Crippen LogP contribution in [-0.2, 0) is 0 Å². The summed E-state index contributed by atoms with van der Waals surface area (Å²) in [5, 5.41) is 3.17. The summed E-state index contributed by atoms with van der Waals surface area (Å²) >= 11 is 1.66. The highest BCUT2D eigenvalue weighted by Gasteiger charge is 2.32. The predicted octanol–water partition coefficient (Wildman–Crippen LogP) is 5.61. The van der Waals surface area contributed by atoms with Gasteiger partial charge >= 0.3 is 0 Å². The molecule has 6 heteroatoms. The van der Waals surface area contributed by atoms with Crippen LogP contribution in [0.3, 0.4) is 0 Å². The number of hydrogen-bond donors (Lipinski definition) is 0. The van der Waals surface area contributed by atoms with Gasteiger partial charge in [0.25, 0.3) is 11.8 Å². The smallest absolute Gasteiger partial charge is 0.270 e. The van der Waals surface area contributed by atoms with Crippen LogP contribution in [0.15, 0.2) is 72.1 Å². The highest BCUT2D eigenvalue weighted by atomic mass is 32.1. The van der Waals surface area contributed by atoms with Crippen LogP contribution in [0.1, 0.15) is 51.9 Å². The second kappa shape index (κ2) is 9.11. The quantitative estimate of drug-likeness (QED) is 0.389. The number of carbonyl (C=O) groups excluding carboxylic acids is 2. The van der Waals surface area contributed by atoms with E-state index in [4.69, 9.17) is 0 Å². The van der Waals surface area contributed by atoms with Gasteiger partial charge in [0.2, 0.25) is 0 Å². The lowest BCUT2D eigenvalue weighted by molar-refractivity contribution is 0.0409. The molecule has 34 heavy (non-hydrogen) atoms. The zero-order valence-corrected chi connectivity index (χ0v) is 20.6. The minimum atomic E-state index is -0.0532. The molecule has 2 amide bonds. The number of thiophene rings is 1. The summed E-state index contributed by atoms with van der Waals surface area (Å²) < 4.78 is 2.17. The van der Waals surface area contributed by atoms with Crippen molar-refractivity contribution in [3.63, 3.8) is 0 Å². The van der Waals surface area contributed by atoms with Crippen LogP contribution < -0.4 is 0 Å². The molecule has 5 nitrogen and oxygen atoms in total. The third-order valence-electron chi connectivity index (χ3n) is 6.81. The number of nitrogens with zero attached hydrogens (tertiary/aromatic N) is 3. The van der Waals surface area contributed by atoms with Crippen molar-refractivity contribution < 1.29 is 9.59 Å². The summed E-state index contributed by atoms with van der Waals surface area (Å²) in [5.41, 5.74) is 3.71. The Balaban J connectivity index is 1.39. The highest BCUT2D eigenvalue weighted by Crippen LogP contribution is 2.32. The van der Waals surface area contributed by atoms with Crippen molar-refractivity contribution in [2.75, 3.05) is 19.6 Å². The molecule has 3 heterocycles. The normalized spacial score (nSPS) is 17.2. The van der Waals surface area contributed by atoms with Crippen LogP contribution in [0, 0.1) is 6.92 Å². The Morgan fingerprint density at radius 2 is 1.71 bits per heavy atom. The molecule has 4 aromatic rings. The van der Waals surface area contributed by atoms with Crippen molar-refractivity contribution in [3.05, 3.63) is 94.5 Å². The first kappa shape index (κ1) is 22.4. The molecule has 0 saturated carbocycles. The number of piperazine rings is 1. The zero-order valence-electron chi connectivity index (χ0n) is 19.8. The van der Waals surface area contributed by atoms with Crippen LogP contribution in [0.2, 0.25) is 0 Å². The molecule has 174 valence electrons. The summed E-state index contributed by atoms with van der Waals surface area (Å²) in [7, 11) is 0. The first-order valence-corrected chi connectivity index (χ1v) is 12.6. The van der Waals surface area contributed by atoms with Gasteiger partial charge in [-0.25, -0.2) is 0 Å². The molecule has 1 aliphatic rings. The van der Waals surface area contributed by atoms with Crippen LogP contribution in [0.4, 0.5) is 0 Å². The number of amides is 2. The number of aryl methyl sites for hydroxylation is 1. The van der Waals surface area contributed by atoms with Crippen LogP contribution in [0.25, 0.3) is 10.2 Å². The standard InChI is InChI=1S/C28H29N3O2S/c1-19-9-11-23(12-10-19)26(32)30-15-14-29(18-20(30)2)27(33)25-17-24-13-16-34-28(24)31(25)21(3)22-7-5-4-6-8-22/h4-13,16-17,20-21H,14-15,18H2,1-3H3/t20-,21+/m0/s1. The summed E-state index contributed by atoms with van der Waals surface area (Å²) in [6.07, 6.45) is 0. The van der Waals surface area contributed by atoms with E-state index >= 15 is 0 Å². The fraction of sp³-hybridized carbons (Fsp3) is 0.286. The van der Waals surface area contributed by atoms with E-state index < -0.39 is 0 Å². The van der Waals surface area contributed by atoms with E-state index in [-0.39, 0.29) is 23.9 Å². The van der Waals surface area contributed by atoms with Gasteiger partial charge in [-0.2, -0.15) is 0 Å². The second-order valence-corrected chi connectivity index (χ2v) is 10.0. The average molecular weight is 472 g/mol. The van der Waals surface area contributed by atoms with Gasteiger partial charge in [-0.1, -0.05) is 48.0 Å². The van der Waals surface area contributed by atoms with Crippen LogP contribution in [-0.4, -0.2) is 51.9 Å². The Morgan fingerprint density at radius 3 is 2.41 bits per heavy atom. The SMILES string of the molecule is Cc1ccc(C(=O)N2CCN(C(=O)c3cc4ccsc4n3[C@H](C)c3ccccc3)C[C@@H]2C)cc1. The topological polar surface area (TPSA) is 45.6 Å². The maximum absolute atomic E-state index is 13.8. The van der Waals surface area contributed by atoms with Crippen molar-refractivity contribution in [2.24, 2.45) is 0 Å². The van der Waals surface area contributed by atoms with Gasteiger partial charge in [-0.05, 0) is 56.0 Å². The number of hydrogen-bond acceptors (Lipinski definition) is 3. The molecular weight excluding hydrogens is 442 g/mol. The van der Waals surface area contributed by atoms with Gasteiger partial charge in [-0.3, -0.25) is 9.59 Å². The third-order valence-corrected chi connectivity index (χ3v) is 7.74. The minimum Gasteiger partial charge on any atom is -0.334 e. The molecule has 0 unspecified atom stereocenters. The van der Waals surface area contributed by atoms with E-state index in [1.807, 2.05) is 72.2 Å². The Hall–Kier alpha value is -3.38. The minimum absolute atomic E-state index is 0.0282. The second-order valence-electron chi connectivity index (χ2n) is 9.13. The number of aromatic nitrogens is 1. The van der Waals surface area contributed by atoms with Crippen molar-refractivity contribution in [1.29, 1.82) is 0 Å². The molecule has 2 aromatic carbocycles. The summed E-state index contributed by atoms with van der Waals surface area (Å²) in [6.45, 7) is 7.76. The van der Waals surface area contributed by atoms with Gasteiger partial charge < -0.3 is 14.4 Å². The molecule has 5 rings (SSSR count). The van der Waals surface area contributed by atoms with Crippen LogP contribution in [0.5, 0.6) is 0 Å². The van der Waals surface area contributed by atoms with Crippen molar-refractivity contribution in [2.45, 2.75) is 32.9 Å². The number of fused-ring (bicyclic) bond motifs is 1. The molecule has 1 fully saturated rings. The Morgan fingerprint density at radius 1 is 0.971 bits per heavy atom. The van der Waals surface area contributed by atoms with E-state index in [0.29, 0.717) is 30.9 Å². The lowest BCUT2D eigenvalue weighted by Crippen LogP contribution is -2.55. The maximum Gasteiger partial charge on any atom is 0.270 e. The molecule has 0 N–H and O–H groups in total. The van der Waals surface area contributed by atoms with Gasteiger partial charge in [0.1, 0.15) is 10.5 Å². The van der Waals surface area contributed by atoms with Crippen LogP contribution >= 0.6 is 11.3 Å². The molecule has 1 saturated heterocycles. The van der Waals surface area contributed by atoms with Gasteiger partial charge in [0, 0.05) is 36.6 Å². The summed E-state index contributed by atoms with van der Waals surface area (Å²) in [4.78, 5) is 31.7. The summed E-state index contributed by atoms with van der Waals surface area (Å²) in [6, 6.07) is 22.1. The molecule has 2 atom stereocenters. The van der Waals surface area contributed by atoms with E-state index in [2.05, 4.69) is 35.1 Å². The Bertz CT molecular complexity index is 1320. The molecule has 0 aliphatic carbocycles. The molecule has 0 radical (unpaired) electrons. The van der Waals surface area contributed by atoms with Gasteiger partial charge in [0.15, 0.2) is 0 Å². The lowest BCUT2D eigenvalue weighted by atomic mass is 10.1. The van der Waals surface area contributed by atoms with Crippen molar-refractivity contribution in [1.82, 2.24) is 14.4 Å². The first-order valence-electron chi connectivity index (χ1n) is 11.7. The zero-order chi connectivity index (χ0) is 23.8. The van der Waals surface area contributed by atoms with E-state index in [1.165, 1.54) is 5.56 Å². The fourth-order valence-electron chi connectivity index (χ4n) is 4.84.